The Morgan fingerprint density at radius 3 is 1.55 bits per heavy atom. The molecule has 0 aliphatic heterocycles. The van der Waals surface area contributed by atoms with Crippen LogP contribution in [0.25, 0.3) is 0 Å². The van der Waals surface area contributed by atoms with E-state index in [1.165, 1.54) is 11.1 Å². The lowest BCUT2D eigenvalue weighted by Gasteiger charge is -2.17. The smallest absolute Gasteiger partial charge is 0.0550 e. The van der Waals surface area contributed by atoms with Gasteiger partial charge < -0.3 is 5.73 Å². The number of rotatable bonds is 5. The molecule has 0 unspecified atom stereocenters. The highest BCUT2D eigenvalue weighted by molar-refractivity contribution is 7.99. The quantitative estimate of drug-likeness (QED) is 0.728. The minimum Gasteiger partial charge on any atom is -0.402 e. The van der Waals surface area contributed by atoms with Crippen molar-refractivity contribution < 1.29 is 0 Å². The van der Waals surface area contributed by atoms with Crippen LogP contribution < -0.4 is 5.73 Å². The summed E-state index contributed by atoms with van der Waals surface area (Å²) in [6, 6.07) is 21.0. The van der Waals surface area contributed by atoms with Gasteiger partial charge in [-0.1, -0.05) is 94.9 Å². The molecule has 0 fully saturated rings. The third-order valence-corrected chi connectivity index (χ3v) is 4.06. The van der Waals surface area contributed by atoms with E-state index in [1.807, 2.05) is 51.6 Å². The number of thioether (sulfide) groups is 1. The summed E-state index contributed by atoms with van der Waals surface area (Å²) in [6.07, 6.45) is 0. The van der Waals surface area contributed by atoms with Crippen molar-refractivity contribution in [3.05, 3.63) is 84.1 Å². The van der Waals surface area contributed by atoms with E-state index in [0.717, 1.165) is 11.4 Å². The normalized spacial score (nSPS) is 9.14. The van der Waals surface area contributed by atoms with Crippen molar-refractivity contribution in [1.82, 2.24) is 0 Å². The van der Waals surface area contributed by atoms with Gasteiger partial charge in [-0.05, 0) is 11.1 Å². The van der Waals surface area contributed by atoms with E-state index in [1.54, 1.807) is 0 Å². The first kappa shape index (κ1) is 20.3. The van der Waals surface area contributed by atoms with Gasteiger partial charge in [0.15, 0.2) is 0 Å². The van der Waals surface area contributed by atoms with Gasteiger partial charge in [0.25, 0.3) is 0 Å². The molecule has 2 aromatic carbocycles. The van der Waals surface area contributed by atoms with Crippen LogP contribution >= 0.6 is 11.8 Å². The fourth-order valence-electron chi connectivity index (χ4n) is 1.83. The van der Waals surface area contributed by atoms with E-state index in [0.29, 0.717) is 5.25 Å². The highest BCUT2D eigenvalue weighted by atomic mass is 32.2. The van der Waals surface area contributed by atoms with Crippen molar-refractivity contribution in [2.75, 3.05) is 5.75 Å². The summed E-state index contributed by atoms with van der Waals surface area (Å²) in [5.74, 6) is 0.772. The molecule has 0 heterocycles. The molecule has 0 aromatic heterocycles. The Labute approximate surface area is 140 Å². The molecule has 2 aromatic rings. The second-order valence-corrected chi connectivity index (χ2v) is 5.26. The fraction of sp³-hybridized carbons (Fsp3) is 0.300. The van der Waals surface area contributed by atoms with Crippen LogP contribution in [0, 0.1) is 0 Å². The molecule has 0 radical (unpaired) electrons. The lowest BCUT2D eigenvalue weighted by molar-refractivity contribution is 1.15. The molecule has 0 aliphatic rings. The lowest BCUT2D eigenvalue weighted by Crippen LogP contribution is -2.02. The lowest BCUT2D eigenvalue weighted by atomic mass is 10.0. The van der Waals surface area contributed by atoms with E-state index in [9.17, 15) is 0 Å². The van der Waals surface area contributed by atoms with Crippen LogP contribution in [-0.4, -0.2) is 5.75 Å². The number of benzene rings is 2. The van der Waals surface area contributed by atoms with Crippen LogP contribution in [0.1, 0.15) is 44.1 Å². The molecule has 0 amide bonds. The van der Waals surface area contributed by atoms with Gasteiger partial charge in [0.2, 0.25) is 0 Å². The van der Waals surface area contributed by atoms with Crippen LogP contribution in [0.5, 0.6) is 0 Å². The zero-order valence-electron chi connectivity index (χ0n) is 14.3. The van der Waals surface area contributed by atoms with Gasteiger partial charge in [-0.3, -0.25) is 0 Å². The Morgan fingerprint density at radius 1 is 0.864 bits per heavy atom. The van der Waals surface area contributed by atoms with Crippen LogP contribution in [0.3, 0.4) is 0 Å². The monoisotopic (exact) mass is 315 g/mol. The van der Waals surface area contributed by atoms with Crippen molar-refractivity contribution in [3.63, 3.8) is 0 Å². The first-order chi connectivity index (χ1) is 10.8. The molecule has 0 bridgehead atoms. The van der Waals surface area contributed by atoms with Crippen LogP contribution in [0.2, 0.25) is 0 Å². The average Bonchev–Trinajstić information content (AvgIpc) is 2.60. The highest BCUT2D eigenvalue weighted by Gasteiger charge is 2.13. The van der Waals surface area contributed by atoms with E-state index in [-0.39, 0.29) is 0 Å². The summed E-state index contributed by atoms with van der Waals surface area (Å²) >= 11 is 1.81. The van der Waals surface area contributed by atoms with E-state index >= 15 is 0 Å². The Hall–Kier alpha value is -1.67. The predicted octanol–water partition coefficient (Wildman–Crippen LogP) is 6.03. The first-order valence-electron chi connectivity index (χ1n) is 7.92. The Balaban J connectivity index is 0.00000102. The molecule has 2 rings (SSSR count). The second-order valence-electron chi connectivity index (χ2n) is 4.17. The molecule has 2 heteroatoms. The van der Waals surface area contributed by atoms with Gasteiger partial charge in [-0.15, -0.1) is 11.8 Å². The molecule has 0 spiro atoms. The molecule has 2 N–H and O–H groups in total. The van der Waals surface area contributed by atoms with Crippen LogP contribution in [0.4, 0.5) is 0 Å². The van der Waals surface area contributed by atoms with E-state index < -0.39 is 0 Å². The van der Waals surface area contributed by atoms with Crippen molar-refractivity contribution in [2.45, 2.75) is 32.9 Å². The van der Waals surface area contributed by atoms with Gasteiger partial charge in [0, 0.05) is 11.4 Å². The summed E-state index contributed by atoms with van der Waals surface area (Å²) in [4.78, 5) is 0. The summed E-state index contributed by atoms with van der Waals surface area (Å²) in [5, 5.41) is 0.313. The molecule has 22 heavy (non-hydrogen) atoms. The topological polar surface area (TPSA) is 26.0 Å². The maximum Gasteiger partial charge on any atom is 0.0550 e. The molecule has 1 nitrogen and oxygen atoms in total. The van der Waals surface area contributed by atoms with Crippen LogP contribution in [-0.2, 0) is 0 Å². The third-order valence-electron chi connectivity index (χ3n) is 2.64. The van der Waals surface area contributed by atoms with Gasteiger partial charge in [0.05, 0.1) is 5.25 Å². The van der Waals surface area contributed by atoms with Gasteiger partial charge in [0.1, 0.15) is 0 Å². The Morgan fingerprint density at radius 2 is 1.23 bits per heavy atom. The number of hydrogen-bond acceptors (Lipinski definition) is 2. The molecule has 0 saturated heterocycles. The van der Waals surface area contributed by atoms with Gasteiger partial charge in [-0.2, -0.15) is 0 Å². The molecule has 0 aliphatic carbocycles. The van der Waals surface area contributed by atoms with Crippen LogP contribution in [0.15, 0.2) is 72.9 Å². The minimum absolute atomic E-state index is 0.313. The van der Waals surface area contributed by atoms with Crippen molar-refractivity contribution in [3.8, 4) is 0 Å². The molecular weight excluding hydrogens is 286 g/mol. The van der Waals surface area contributed by atoms with E-state index in [2.05, 4.69) is 55.1 Å². The highest BCUT2D eigenvalue weighted by Crippen LogP contribution is 2.35. The maximum atomic E-state index is 5.68. The Bertz CT molecular complexity index is 454. The summed E-state index contributed by atoms with van der Waals surface area (Å²) in [5.41, 5.74) is 9.00. The summed E-state index contributed by atoms with van der Waals surface area (Å²) < 4.78 is 0. The zero-order valence-corrected chi connectivity index (χ0v) is 15.1. The van der Waals surface area contributed by atoms with Crippen molar-refractivity contribution >= 4 is 11.8 Å². The third kappa shape index (κ3) is 7.37. The number of hydrogen-bond donors (Lipinski definition) is 1. The number of nitrogens with two attached hydrogens (primary N) is 1. The summed E-state index contributed by atoms with van der Waals surface area (Å²) in [6.45, 7) is 11.8. The summed E-state index contributed by atoms with van der Waals surface area (Å²) in [7, 11) is 0. The molecular formula is C20H29NS. The predicted molar refractivity (Wildman–Crippen MR) is 103 cm³/mol. The van der Waals surface area contributed by atoms with Gasteiger partial charge in [-0.25, -0.2) is 0 Å². The maximum absolute atomic E-state index is 5.68. The van der Waals surface area contributed by atoms with Crippen molar-refractivity contribution in [2.24, 2.45) is 5.73 Å². The minimum atomic E-state index is 0.313. The molecule has 120 valence electrons. The van der Waals surface area contributed by atoms with Gasteiger partial charge >= 0.3 is 0 Å². The largest absolute Gasteiger partial charge is 0.402 e. The van der Waals surface area contributed by atoms with Crippen molar-refractivity contribution in [1.29, 1.82) is 0 Å². The fourth-order valence-corrected chi connectivity index (χ4v) is 2.91. The average molecular weight is 316 g/mol. The Kier molecular flexibility index (Phi) is 12.0. The van der Waals surface area contributed by atoms with E-state index in [4.69, 9.17) is 5.73 Å². The first-order valence-corrected chi connectivity index (χ1v) is 8.97. The molecule has 0 atom stereocenters. The standard InChI is InChI=1S/C16H17NS.2C2H6/c1-13(17)12-18-16(14-8-4-2-5-9-14)15-10-6-3-7-11-15;2*1-2/h2-11,16H,1,12,17H2;2*1-2H3. The zero-order chi connectivity index (χ0) is 16.8. The molecule has 0 saturated carbocycles. The second kappa shape index (κ2) is 13.0. The SMILES string of the molecule is C=C(N)CSC(c1ccccc1)c1ccccc1.CC.CC.